The highest BCUT2D eigenvalue weighted by atomic mass is 32.2. The highest BCUT2D eigenvalue weighted by molar-refractivity contribution is 7.94. The van der Waals surface area contributed by atoms with Crippen LogP contribution in [0.5, 0.6) is 0 Å². The van der Waals surface area contributed by atoms with E-state index in [2.05, 4.69) is 5.32 Å². The number of ether oxygens (including phenoxy) is 1. The van der Waals surface area contributed by atoms with E-state index in [1.807, 2.05) is 0 Å². The Kier molecular flexibility index (Phi) is 8.12. The quantitative estimate of drug-likeness (QED) is 0.687. The smallest absolute Gasteiger partial charge is 0.408 e. The molecule has 140 valence electrons. The number of hydrogen-bond donors (Lipinski definition) is 2. The van der Waals surface area contributed by atoms with E-state index in [9.17, 15) is 13.2 Å². The molecule has 25 heavy (non-hydrogen) atoms. The molecule has 0 radical (unpaired) electrons. The van der Waals surface area contributed by atoms with Gasteiger partial charge in [0.1, 0.15) is 5.60 Å². The third kappa shape index (κ3) is 8.69. The number of nitrogens with two attached hydrogens (primary N) is 1. The summed E-state index contributed by atoms with van der Waals surface area (Å²) in [5, 5.41) is 3.84. The zero-order valence-corrected chi connectivity index (χ0v) is 15.9. The van der Waals surface area contributed by atoms with Crippen LogP contribution < -0.4 is 11.1 Å². The molecule has 0 saturated carbocycles. The Labute approximate surface area is 150 Å². The minimum absolute atomic E-state index is 0.212. The van der Waals surface area contributed by atoms with Gasteiger partial charge >= 0.3 is 6.09 Å². The van der Waals surface area contributed by atoms with E-state index < -0.39 is 27.6 Å². The molecule has 0 aliphatic rings. The van der Waals surface area contributed by atoms with Crippen molar-refractivity contribution in [2.45, 2.75) is 56.6 Å². The van der Waals surface area contributed by atoms with Gasteiger partial charge in [-0.3, -0.25) is 0 Å². The number of nitrogens with one attached hydrogen (secondary N) is 1. The van der Waals surface area contributed by atoms with Gasteiger partial charge in [-0.15, -0.1) is 0 Å². The van der Waals surface area contributed by atoms with Gasteiger partial charge in [0.2, 0.25) is 0 Å². The molecule has 0 unspecified atom stereocenters. The zero-order chi connectivity index (χ0) is 18.9. The lowest BCUT2D eigenvalue weighted by atomic mass is 10.1. The summed E-state index contributed by atoms with van der Waals surface area (Å²) in [6.45, 7) is 5.86. The van der Waals surface area contributed by atoms with Crippen molar-refractivity contribution in [1.82, 2.24) is 5.32 Å². The number of rotatable bonds is 8. The third-order valence-corrected chi connectivity index (χ3v) is 4.68. The summed E-state index contributed by atoms with van der Waals surface area (Å²) in [6.07, 6.45) is 3.06. The Morgan fingerprint density at radius 3 is 2.44 bits per heavy atom. The lowest BCUT2D eigenvalue weighted by Gasteiger charge is -2.22. The van der Waals surface area contributed by atoms with Crippen molar-refractivity contribution in [2.75, 3.05) is 6.54 Å². The predicted octanol–water partition coefficient (Wildman–Crippen LogP) is 3.00. The van der Waals surface area contributed by atoms with E-state index in [0.717, 1.165) is 18.2 Å². The van der Waals surface area contributed by atoms with Gasteiger partial charge in [0, 0.05) is 5.41 Å². The number of carbonyl (C=O) groups excluding carboxylic acids is 1. The largest absolute Gasteiger partial charge is 0.444 e. The summed E-state index contributed by atoms with van der Waals surface area (Å²) in [5.41, 5.74) is 4.87. The average molecular weight is 368 g/mol. The van der Waals surface area contributed by atoms with Crippen LogP contribution in [-0.4, -0.2) is 32.7 Å². The fourth-order valence-corrected chi connectivity index (χ4v) is 3.16. The number of carbonyl (C=O) groups is 1. The molecular formula is C18H28N2O4S. The second-order valence-electron chi connectivity index (χ2n) is 6.72. The van der Waals surface area contributed by atoms with Crippen molar-refractivity contribution in [1.29, 1.82) is 0 Å². The van der Waals surface area contributed by atoms with Crippen LogP contribution in [-0.2, 0) is 14.6 Å². The zero-order valence-electron chi connectivity index (χ0n) is 15.1. The summed E-state index contributed by atoms with van der Waals surface area (Å²) in [5.74, 6) is 0. The molecule has 7 heteroatoms. The Morgan fingerprint density at radius 1 is 1.24 bits per heavy atom. The van der Waals surface area contributed by atoms with Gasteiger partial charge < -0.3 is 15.8 Å². The monoisotopic (exact) mass is 368 g/mol. The molecule has 0 spiro atoms. The van der Waals surface area contributed by atoms with Crippen molar-refractivity contribution in [3.05, 3.63) is 41.8 Å². The molecule has 1 aromatic carbocycles. The fraction of sp³-hybridized carbons (Fsp3) is 0.500. The molecule has 6 nitrogen and oxygen atoms in total. The molecule has 1 amide bonds. The molecule has 0 aromatic heterocycles. The van der Waals surface area contributed by atoms with E-state index >= 15 is 0 Å². The van der Waals surface area contributed by atoms with Gasteiger partial charge in [0.25, 0.3) is 0 Å². The van der Waals surface area contributed by atoms with Crippen LogP contribution in [0.15, 0.2) is 46.7 Å². The van der Waals surface area contributed by atoms with Gasteiger partial charge in [0.05, 0.1) is 10.9 Å². The first kappa shape index (κ1) is 21.2. The van der Waals surface area contributed by atoms with Gasteiger partial charge in [-0.1, -0.05) is 24.3 Å². The Balaban J connectivity index is 2.83. The van der Waals surface area contributed by atoms with Crippen LogP contribution in [0, 0.1) is 0 Å². The summed E-state index contributed by atoms with van der Waals surface area (Å²) in [7, 11) is -3.55. The summed E-state index contributed by atoms with van der Waals surface area (Å²) in [6, 6.07) is 7.70. The molecule has 1 rings (SSSR count). The number of unbranched alkanes of at least 4 members (excludes halogenated alkanes) is 1. The standard InChI is InChI=1S/C18H28N2O4S/c1-18(2,3)24-17(21)20-15(9-7-8-13-19)12-14-25(22,23)16-10-5-4-6-11-16/h4-6,10-12,14-15H,7-9,13,19H2,1-3H3,(H,20,21)/b14-12+/t15-/m0/s1. The van der Waals surface area contributed by atoms with Gasteiger partial charge in [-0.2, -0.15) is 0 Å². The second-order valence-corrected chi connectivity index (χ2v) is 8.56. The lowest BCUT2D eigenvalue weighted by Crippen LogP contribution is -2.38. The third-order valence-electron chi connectivity index (χ3n) is 3.23. The summed E-state index contributed by atoms with van der Waals surface area (Å²) < 4.78 is 29.9. The van der Waals surface area contributed by atoms with E-state index in [0.29, 0.717) is 13.0 Å². The predicted molar refractivity (Wildman–Crippen MR) is 98.8 cm³/mol. The number of benzene rings is 1. The maximum absolute atomic E-state index is 12.3. The van der Waals surface area contributed by atoms with Gasteiger partial charge in [-0.25, -0.2) is 13.2 Å². The van der Waals surface area contributed by atoms with Crippen LogP contribution in [0.25, 0.3) is 0 Å². The molecule has 3 N–H and O–H groups in total. The normalized spacial score (nSPS) is 13.6. The van der Waals surface area contributed by atoms with Crippen LogP contribution in [0.3, 0.4) is 0 Å². The molecular weight excluding hydrogens is 340 g/mol. The highest BCUT2D eigenvalue weighted by Gasteiger charge is 2.19. The first-order valence-corrected chi connectivity index (χ1v) is 9.86. The lowest BCUT2D eigenvalue weighted by molar-refractivity contribution is 0.0512. The van der Waals surface area contributed by atoms with Crippen LogP contribution in [0.1, 0.15) is 40.0 Å². The number of alkyl carbamates (subject to hydrolysis) is 1. The summed E-state index contributed by atoms with van der Waals surface area (Å²) >= 11 is 0. The number of hydrogen-bond acceptors (Lipinski definition) is 5. The minimum atomic E-state index is -3.55. The maximum atomic E-state index is 12.3. The molecule has 0 fully saturated rings. The van der Waals surface area contributed by atoms with Crippen molar-refractivity contribution in [3.63, 3.8) is 0 Å². The molecule has 0 heterocycles. The molecule has 0 aliphatic carbocycles. The maximum Gasteiger partial charge on any atom is 0.408 e. The topological polar surface area (TPSA) is 98.5 Å². The van der Waals surface area contributed by atoms with E-state index in [1.165, 1.54) is 18.2 Å². The van der Waals surface area contributed by atoms with E-state index in [4.69, 9.17) is 10.5 Å². The fourth-order valence-electron chi connectivity index (χ4n) is 2.07. The first-order chi connectivity index (χ1) is 11.6. The van der Waals surface area contributed by atoms with Crippen molar-refractivity contribution in [3.8, 4) is 0 Å². The Hall–Kier alpha value is -1.86. The number of sulfone groups is 1. The second kappa shape index (κ2) is 9.58. The van der Waals surface area contributed by atoms with E-state index in [-0.39, 0.29) is 4.90 Å². The van der Waals surface area contributed by atoms with E-state index in [1.54, 1.807) is 39.0 Å². The van der Waals surface area contributed by atoms with Crippen LogP contribution in [0.2, 0.25) is 0 Å². The van der Waals surface area contributed by atoms with Gasteiger partial charge in [0.15, 0.2) is 9.84 Å². The summed E-state index contributed by atoms with van der Waals surface area (Å²) in [4.78, 5) is 12.2. The van der Waals surface area contributed by atoms with Crippen LogP contribution >= 0.6 is 0 Å². The SMILES string of the molecule is CC(C)(C)OC(=O)N[C@H](/C=C/S(=O)(=O)c1ccccc1)CCCCN. The van der Waals surface area contributed by atoms with Crippen molar-refractivity contribution >= 4 is 15.9 Å². The van der Waals surface area contributed by atoms with Crippen LogP contribution in [0.4, 0.5) is 4.79 Å². The Morgan fingerprint density at radius 2 is 1.88 bits per heavy atom. The molecule has 1 atom stereocenters. The van der Waals surface area contributed by atoms with Crippen molar-refractivity contribution in [2.24, 2.45) is 5.73 Å². The molecule has 0 saturated heterocycles. The van der Waals surface area contributed by atoms with Gasteiger partial charge in [-0.05, 0) is 58.7 Å². The minimum Gasteiger partial charge on any atom is -0.444 e. The molecule has 0 bridgehead atoms. The average Bonchev–Trinajstić information content (AvgIpc) is 2.52. The first-order valence-electron chi connectivity index (χ1n) is 8.32. The molecule has 1 aromatic rings. The highest BCUT2D eigenvalue weighted by Crippen LogP contribution is 2.13. The van der Waals surface area contributed by atoms with Crippen molar-refractivity contribution < 1.29 is 17.9 Å². The number of amides is 1. The molecule has 0 aliphatic heterocycles. The Bertz CT molecular complexity index is 664.